The van der Waals surface area contributed by atoms with Gasteiger partial charge in [-0.15, -0.1) is 20.0 Å². The summed E-state index contributed by atoms with van der Waals surface area (Å²) in [6.07, 6.45) is 5.73. The molecule has 1 aliphatic carbocycles. The number of hydrogen-bond acceptors (Lipinski definition) is 6. The molecule has 1 saturated carbocycles. The van der Waals surface area contributed by atoms with Crippen molar-refractivity contribution in [2.24, 2.45) is 5.92 Å². The van der Waals surface area contributed by atoms with Gasteiger partial charge in [0.05, 0.1) is 6.54 Å². The molecule has 1 aliphatic rings. The third-order valence-electron chi connectivity index (χ3n) is 7.23. The van der Waals surface area contributed by atoms with Crippen LogP contribution in [-0.4, -0.2) is 40.9 Å². The van der Waals surface area contributed by atoms with Gasteiger partial charge in [-0.25, -0.2) is 4.79 Å². The Bertz CT molecular complexity index is 1380. The molecule has 36 heavy (non-hydrogen) atoms. The Hall–Kier alpha value is -3.88. The van der Waals surface area contributed by atoms with Crippen LogP contribution < -0.4 is 5.69 Å². The number of hydrogen-bond donors (Lipinski definition) is 1. The first kappa shape index (κ1) is 23.8. The summed E-state index contributed by atoms with van der Waals surface area (Å²) >= 11 is 0. The molecule has 0 spiro atoms. The van der Waals surface area contributed by atoms with Crippen LogP contribution in [0.4, 0.5) is 0 Å². The van der Waals surface area contributed by atoms with Crippen LogP contribution >= 0.6 is 0 Å². The van der Waals surface area contributed by atoms with E-state index >= 15 is 0 Å². The number of aromatic nitrogens is 7. The Morgan fingerprint density at radius 2 is 1.78 bits per heavy atom. The number of tetrazole rings is 1. The summed E-state index contributed by atoms with van der Waals surface area (Å²) in [6, 6.07) is 16.0. The summed E-state index contributed by atoms with van der Waals surface area (Å²) in [7, 11) is 0. The van der Waals surface area contributed by atoms with E-state index in [0.29, 0.717) is 18.2 Å². The SMILES string of the molecule is CCC(C)c1nn(C(=O)C2CCCCC2)c(=O)n1Cc1ccc(-c2ccccc2-c2nn[nH]n2)cc1. The van der Waals surface area contributed by atoms with Crippen LogP contribution in [0.15, 0.2) is 53.3 Å². The first-order chi connectivity index (χ1) is 17.6. The lowest BCUT2D eigenvalue weighted by Gasteiger charge is -2.19. The molecule has 186 valence electrons. The number of carbonyl (C=O) groups is 1. The molecule has 1 atom stereocenters. The van der Waals surface area contributed by atoms with Gasteiger partial charge >= 0.3 is 5.69 Å². The summed E-state index contributed by atoms with van der Waals surface area (Å²) in [4.78, 5) is 26.5. The smallest absolute Gasteiger partial charge is 0.274 e. The summed E-state index contributed by atoms with van der Waals surface area (Å²) in [6.45, 7) is 4.48. The lowest BCUT2D eigenvalue weighted by atomic mass is 9.89. The average Bonchev–Trinajstić information content (AvgIpc) is 3.58. The molecule has 0 amide bonds. The Kier molecular flexibility index (Phi) is 6.88. The first-order valence-electron chi connectivity index (χ1n) is 12.7. The normalized spacial score (nSPS) is 15.2. The second-order valence-corrected chi connectivity index (χ2v) is 9.60. The van der Waals surface area contributed by atoms with Crippen molar-refractivity contribution in [3.63, 3.8) is 0 Å². The zero-order chi connectivity index (χ0) is 25.1. The maximum Gasteiger partial charge on any atom is 0.353 e. The molecule has 0 radical (unpaired) electrons. The molecule has 0 saturated heterocycles. The average molecular weight is 486 g/mol. The van der Waals surface area contributed by atoms with Gasteiger partial charge in [0.2, 0.25) is 5.82 Å². The number of carbonyl (C=O) groups excluding carboxylic acids is 1. The Balaban J connectivity index is 1.44. The second kappa shape index (κ2) is 10.4. The highest BCUT2D eigenvalue weighted by atomic mass is 16.2. The highest BCUT2D eigenvalue weighted by molar-refractivity contribution is 5.81. The van der Waals surface area contributed by atoms with E-state index in [1.165, 1.54) is 0 Å². The second-order valence-electron chi connectivity index (χ2n) is 9.60. The topological polar surface area (TPSA) is 111 Å². The number of H-pyrrole nitrogens is 1. The zero-order valence-corrected chi connectivity index (χ0v) is 20.7. The van der Waals surface area contributed by atoms with Crippen molar-refractivity contribution in [3.8, 4) is 22.5 Å². The number of rotatable bonds is 7. The van der Waals surface area contributed by atoms with Gasteiger partial charge in [-0.3, -0.25) is 9.36 Å². The minimum atomic E-state index is -0.340. The fraction of sp³-hybridized carbons (Fsp3) is 0.407. The van der Waals surface area contributed by atoms with Gasteiger partial charge in [0.25, 0.3) is 5.91 Å². The Labute approximate surface area is 209 Å². The van der Waals surface area contributed by atoms with Crippen molar-refractivity contribution in [3.05, 3.63) is 70.4 Å². The van der Waals surface area contributed by atoms with Crippen LogP contribution in [0.5, 0.6) is 0 Å². The standard InChI is InChI=1S/C27H31N7O2/c1-3-18(2)25-30-34(26(35)21-9-5-4-6-10-21)27(36)33(25)17-19-13-15-20(16-14-19)22-11-7-8-12-23(22)24-28-31-32-29-24/h7-8,11-16,18,21H,3-6,9-10,17H2,1-2H3,(H,28,29,31,32). The fourth-order valence-electron chi connectivity index (χ4n) is 4.95. The molecule has 1 N–H and O–H groups in total. The van der Waals surface area contributed by atoms with E-state index in [0.717, 1.165) is 65.5 Å². The van der Waals surface area contributed by atoms with Crippen molar-refractivity contribution in [1.82, 2.24) is 35.0 Å². The number of benzene rings is 2. The highest BCUT2D eigenvalue weighted by Crippen LogP contribution is 2.30. The van der Waals surface area contributed by atoms with Crippen molar-refractivity contribution < 1.29 is 4.79 Å². The van der Waals surface area contributed by atoms with E-state index in [2.05, 4.69) is 32.6 Å². The molecule has 0 aliphatic heterocycles. The van der Waals surface area contributed by atoms with E-state index in [9.17, 15) is 9.59 Å². The summed E-state index contributed by atoms with van der Waals surface area (Å²) < 4.78 is 2.80. The summed E-state index contributed by atoms with van der Waals surface area (Å²) in [5.74, 6) is 1.01. The molecule has 1 unspecified atom stereocenters. The van der Waals surface area contributed by atoms with Crippen molar-refractivity contribution >= 4 is 5.91 Å². The first-order valence-corrected chi connectivity index (χ1v) is 12.7. The molecule has 2 aromatic heterocycles. The van der Waals surface area contributed by atoms with Gasteiger partial charge in [0.15, 0.2) is 0 Å². The van der Waals surface area contributed by atoms with Crippen LogP contribution in [0, 0.1) is 5.92 Å². The van der Waals surface area contributed by atoms with Crippen LogP contribution in [0.2, 0.25) is 0 Å². The monoisotopic (exact) mass is 485 g/mol. The predicted octanol–water partition coefficient (Wildman–Crippen LogP) is 4.67. The van der Waals surface area contributed by atoms with Gasteiger partial charge in [-0.05, 0) is 41.2 Å². The van der Waals surface area contributed by atoms with Gasteiger partial charge in [-0.1, -0.05) is 81.6 Å². The Morgan fingerprint density at radius 1 is 1.06 bits per heavy atom. The van der Waals surface area contributed by atoms with Gasteiger partial charge in [0.1, 0.15) is 5.82 Å². The Morgan fingerprint density at radius 3 is 2.44 bits per heavy atom. The molecule has 2 aromatic carbocycles. The lowest BCUT2D eigenvalue weighted by molar-refractivity contribution is 0.0778. The molecule has 4 aromatic rings. The minimum Gasteiger partial charge on any atom is -0.274 e. The molecule has 0 bridgehead atoms. The molecular weight excluding hydrogens is 454 g/mol. The maximum absolute atomic E-state index is 13.4. The van der Waals surface area contributed by atoms with E-state index in [4.69, 9.17) is 0 Å². The highest BCUT2D eigenvalue weighted by Gasteiger charge is 2.28. The summed E-state index contributed by atoms with van der Waals surface area (Å²) in [5, 5.41) is 19.0. The van der Waals surface area contributed by atoms with Crippen molar-refractivity contribution in [1.29, 1.82) is 0 Å². The molecular formula is C27H31N7O2. The van der Waals surface area contributed by atoms with E-state index in [-0.39, 0.29) is 23.4 Å². The van der Waals surface area contributed by atoms with Gasteiger partial charge < -0.3 is 0 Å². The molecule has 2 heterocycles. The largest absolute Gasteiger partial charge is 0.353 e. The van der Waals surface area contributed by atoms with E-state index in [1.807, 2.05) is 55.5 Å². The quantitative estimate of drug-likeness (QED) is 0.407. The van der Waals surface area contributed by atoms with Crippen LogP contribution in [0.25, 0.3) is 22.5 Å². The van der Waals surface area contributed by atoms with Crippen LogP contribution in [0.3, 0.4) is 0 Å². The molecule has 9 heteroatoms. The zero-order valence-electron chi connectivity index (χ0n) is 20.7. The van der Waals surface area contributed by atoms with E-state index < -0.39 is 0 Å². The maximum atomic E-state index is 13.4. The van der Waals surface area contributed by atoms with Gasteiger partial charge in [0, 0.05) is 17.4 Å². The minimum absolute atomic E-state index is 0.0687. The lowest BCUT2D eigenvalue weighted by Crippen LogP contribution is -2.35. The van der Waals surface area contributed by atoms with Crippen molar-refractivity contribution in [2.75, 3.05) is 0 Å². The van der Waals surface area contributed by atoms with E-state index in [1.54, 1.807) is 4.57 Å². The molecule has 9 nitrogen and oxygen atoms in total. The summed E-state index contributed by atoms with van der Waals surface area (Å²) in [5.41, 5.74) is 3.52. The molecule has 1 fully saturated rings. The number of nitrogens with zero attached hydrogens (tertiary/aromatic N) is 6. The number of nitrogens with one attached hydrogen (secondary N) is 1. The van der Waals surface area contributed by atoms with Crippen LogP contribution in [-0.2, 0) is 6.54 Å². The van der Waals surface area contributed by atoms with Gasteiger partial charge in [-0.2, -0.15) is 5.21 Å². The fourth-order valence-corrected chi connectivity index (χ4v) is 4.95. The number of aromatic amines is 1. The third kappa shape index (κ3) is 4.65. The van der Waals surface area contributed by atoms with Crippen LogP contribution in [0.1, 0.15) is 74.5 Å². The third-order valence-corrected chi connectivity index (χ3v) is 7.23. The molecule has 5 rings (SSSR count). The predicted molar refractivity (Wildman–Crippen MR) is 137 cm³/mol. The van der Waals surface area contributed by atoms with Crippen molar-refractivity contribution in [2.45, 2.75) is 64.8 Å².